The number of nitrogens with zero attached hydrogens (tertiary/aromatic N) is 1. The lowest BCUT2D eigenvalue weighted by atomic mass is 9.94. The van der Waals surface area contributed by atoms with E-state index >= 15 is 0 Å². The van der Waals surface area contributed by atoms with Crippen LogP contribution in [-0.4, -0.2) is 66.6 Å². The Bertz CT molecular complexity index is 1250. The summed E-state index contributed by atoms with van der Waals surface area (Å²) in [6.45, 7) is 10.0. The molecule has 1 aliphatic heterocycles. The average Bonchev–Trinajstić information content (AvgIpc) is 3.37. The Morgan fingerprint density at radius 1 is 1.08 bits per heavy atom. The number of ether oxygens (including phenoxy) is 2. The molecule has 1 saturated heterocycles. The molecule has 6 nitrogen and oxygen atoms in total. The number of aromatic carboxylic acids is 1. The number of carboxylic acid groups (broad SMARTS) is 1. The molecule has 2 N–H and O–H groups in total. The lowest BCUT2D eigenvalue weighted by Gasteiger charge is -2.23. The van der Waals surface area contributed by atoms with Crippen LogP contribution in [0.2, 0.25) is 0 Å². The Morgan fingerprint density at radius 3 is 2.44 bits per heavy atom. The fourth-order valence-corrected chi connectivity index (χ4v) is 4.73. The molecule has 7 heteroatoms. The quantitative estimate of drug-likeness (QED) is 0.351. The minimum Gasteiger partial charge on any atom is -0.478 e. The normalized spacial score (nSPS) is 16.8. The van der Waals surface area contributed by atoms with E-state index in [1.165, 1.54) is 6.07 Å². The number of methoxy groups -OCH3 is 1. The van der Waals surface area contributed by atoms with Crippen molar-refractivity contribution in [3.05, 3.63) is 94.3 Å². The second-order valence-corrected chi connectivity index (χ2v) is 10.2. The molecule has 0 radical (unpaired) electrons. The van der Waals surface area contributed by atoms with Gasteiger partial charge in [0.15, 0.2) is 0 Å². The van der Waals surface area contributed by atoms with Crippen molar-refractivity contribution >= 4 is 5.97 Å². The monoisotopic (exact) mass is 537 g/mol. The summed E-state index contributed by atoms with van der Waals surface area (Å²) in [4.78, 5) is 13.5. The van der Waals surface area contributed by atoms with E-state index in [4.69, 9.17) is 9.47 Å². The van der Waals surface area contributed by atoms with Crippen LogP contribution in [-0.2, 0) is 9.47 Å². The molecule has 0 saturated carbocycles. The van der Waals surface area contributed by atoms with Gasteiger partial charge < -0.3 is 19.7 Å². The lowest BCUT2D eigenvalue weighted by molar-refractivity contribution is -0.0146. The third kappa shape index (κ3) is 8.70. The van der Waals surface area contributed by atoms with E-state index in [0.717, 1.165) is 47.3 Å². The van der Waals surface area contributed by atoms with Crippen molar-refractivity contribution < 1.29 is 28.9 Å². The summed E-state index contributed by atoms with van der Waals surface area (Å²) in [7, 11) is 1.73. The molecule has 210 valence electrons. The molecule has 1 heterocycles. The largest absolute Gasteiger partial charge is 0.478 e. The highest BCUT2D eigenvalue weighted by molar-refractivity contribution is 5.90. The molecule has 1 fully saturated rings. The maximum Gasteiger partial charge on any atom is 0.335 e. The standard InChI is InChI=1S/C24H31NO5.C8H9F/c1-16-12-18(8-9-21(16)24(27)28)23-7-5-4-6-22(23)17(2)30-15-19(26)13-25-11-10-20(14-25)29-3;1-6-3-4-7(2)8(9)5-6/h4-9,12,17,19-20,26H,10-11,13-15H2,1-3H3,(H,27,28);3-5H,1-2H3. The number of carbonyl (C=O) groups is 1. The summed E-state index contributed by atoms with van der Waals surface area (Å²) in [5.41, 5.74) is 5.67. The van der Waals surface area contributed by atoms with Crippen LogP contribution in [0.3, 0.4) is 0 Å². The predicted octanol–water partition coefficient (Wildman–Crippen LogP) is 5.96. The van der Waals surface area contributed by atoms with Gasteiger partial charge in [0, 0.05) is 26.7 Å². The van der Waals surface area contributed by atoms with Crippen LogP contribution in [0, 0.1) is 26.6 Å². The zero-order valence-corrected chi connectivity index (χ0v) is 23.5. The molecular weight excluding hydrogens is 497 g/mol. The van der Waals surface area contributed by atoms with Crippen LogP contribution in [0.25, 0.3) is 11.1 Å². The minimum atomic E-state index is -0.923. The summed E-state index contributed by atoms with van der Waals surface area (Å²) < 4.78 is 24.0. The minimum absolute atomic E-state index is 0.116. The Labute approximate surface area is 231 Å². The zero-order chi connectivity index (χ0) is 28.5. The van der Waals surface area contributed by atoms with Crippen molar-refractivity contribution in [2.75, 3.05) is 33.4 Å². The molecule has 3 atom stereocenters. The van der Waals surface area contributed by atoms with Gasteiger partial charge >= 0.3 is 5.97 Å². The fourth-order valence-electron chi connectivity index (χ4n) is 4.73. The van der Waals surface area contributed by atoms with Crippen molar-refractivity contribution in [1.82, 2.24) is 4.90 Å². The van der Waals surface area contributed by atoms with Crippen LogP contribution in [0.1, 0.15) is 52.1 Å². The van der Waals surface area contributed by atoms with E-state index in [1.807, 2.05) is 56.3 Å². The van der Waals surface area contributed by atoms with Crippen LogP contribution in [0.15, 0.2) is 60.7 Å². The number of aliphatic hydroxyl groups is 1. The Morgan fingerprint density at radius 2 is 1.82 bits per heavy atom. The number of benzene rings is 3. The number of aliphatic hydroxyl groups excluding tert-OH is 1. The first-order chi connectivity index (χ1) is 18.6. The maximum atomic E-state index is 12.6. The van der Waals surface area contributed by atoms with Gasteiger partial charge in [-0.2, -0.15) is 0 Å². The molecule has 3 unspecified atom stereocenters. The van der Waals surface area contributed by atoms with E-state index < -0.39 is 12.1 Å². The molecule has 0 aliphatic carbocycles. The number of β-amino-alcohol motifs (C(OH)–C–C–N with tert-alkyl or cyclic N) is 1. The van der Waals surface area contributed by atoms with Gasteiger partial charge in [0.05, 0.1) is 30.5 Å². The van der Waals surface area contributed by atoms with Gasteiger partial charge in [-0.3, -0.25) is 4.90 Å². The van der Waals surface area contributed by atoms with Gasteiger partial charge in [-0.1, -0.05) is 48.5 Å². The molecule has 3 aromatic carbocycles. The van der Waals surface area contributed by atoms with E-state index in [-0.39, 0.29) is 24.6 Å². The number of aryl methyl sites for hydroxylation is 3. The maximum absolute atomic E-state index is 12.6. The number of rotatable bonds is 9. The van der Waals surface area contributed by atoms with Crippen molar-refractivity contribution in [3.63, 3.8) is 0 Å². The highest BCUT2D eigenvalue weighted by atomic mass is 19.1. The third-order valence-electron chi connectivity index (χ3n) is 7.06. The van der Waals surface area contributed by atoms with Crippen molar-refractivity contribution in [1.29, 1.82) is 0 Å². The fraction of sp³-hybridized carbons (Fsp3) is 0.406. The summed E-state index contributed by atoms with van der Waals surface area (Å²) in [6.07, 6.45) is 0.473. The summed E-state index contributed by atoms with van der Waals surface area (Å²) in [5, 5.41) is 19.7. The average molecular weight is 538 g/mol. The summed E-state index contributed by atoms with van der Waals surface area (Å²) in [5.74, 6) is -1.04. The first-order valence-electron chi connectivity index (χ1n) is 13.3. The second kappa shape index (κ2) is 14.3. The SMILES string of the molecule is COC1CCN(CC(O)COC(C)c2ccccc2-c2ccc(C(=O)O)c(C)c2)C1.Cc1ccc(C)c(F)c1. The highest BCUT2D eigenvalue weighted by Crippen LogP contribution is 2.31. The first kappa shape index (κ1) is 30.4. The second-order valence-electron chi connectivity index (χ2n) is 10.2. The van der Waals surface area contributed by atoms with Gasteiger partial charge in [0.1, 0.15) is 5.82 Å². The summed E-state index contributed by atoms with van der Waals surface area (Å²) in [6, 6.07) is 18.5. The molecule has 4 rings (SSSR count). The van der Waals surface area contributed by atoms with E-state index in [1.54, 1.807) is 33.1 Å². The summed E-state index contributed by atoms with van der Waals surface area (Å²) >= 11 is 0. The van der Waals surface area contributed by atoms with Gasteiger partial charge in [0.25, 0.3) is 0 Å². The Hall–Kier alpha value is -3.10. The van der Waals surface area contributed by atoms with Crippen molar-refractivity contribution in [2.24, 2.45) is 0 Å². The third-order valence-corrected chi connectivity index (χ3v) is 7.06. The molecular formula is C32H40FNO5. The number of likely N-dealkylation sites (tertiary alicyclic amines) is 1. The van der Waals surface area contributed by atoms with Gasteiger partial charge in [0.2, 0.25) is 0 Å². The van der Waals surface area contributed by atoms with Crippen LogP contribution < -0.4 is 0 Å². The van der Waals surface area contributed by atoms with Gasteiger partial charge in [-0.05, 0) is 79.6 Å². The molecule has 0 spiro atoms. The number of hydrogen-bond donors (Lipinski definition) is 2. The van der Waals surface area contributed by atoms with Crippen molar-refractivity contribution in [3.8, 4) is 11.1 Å². The van der Waals surface area contributed by atoms with Crippen LogP contribution in [0.5, 0.6) is 0 Å². The van der Waals surface area contributed by atoms with Crippen molar-refractivity contribution in [2.45, 2.75) is 52.4 Å². The van der Waals surface area contributed by atoms with E-state index in [9.17, 15) is 19.4 Å². The van der Waals surface area contributed by atoms with Gasteiger partial charge in [-0.15, -0.1) is 0 Å². The highest BCUT2D eigenvalue weighted by Gasteiger charge is 2.24. The van der Waals surface area contributed by atoms with Gasteiger partial charge in [-0.25, -0.2) is 9.18 Å². The Balaban J connectivity index is 0.000000395. The molecule has 0 bridgehead atoms. The van der Waals surface area contributed by atoms with E-state index in [2.05, 4.69) is 4.90 Å². The number of hydrogen-bond acceptors (Lipinski definition) is 5. The Kier molecular flexibility index (Phi) is 11.2. The molecule has 0 amide bonds. The number of carboxylic acids is 1. The zero-order valence-electron chi connectivity index (χ0n) is 23.5. The first-order valence-corrected chi connectivity index (χ1v) is 13.3. The molecule has 39 heavy (non-hydrogen) atoms. The number of halogens is 1. The molecule has 3 aromatic rings. The van der Waals surface area contributed by atoms with Crippen LogP contribution >= 0.6 is 0 Å². The van der Waals surface area contributed by atoms with E-state index in [0.29, 0.717) is 17.7 Å². The topological polar surface area (TPSA) is 79.2 Å². The lowest BCUT2D eigenvalue weighted by Crippen LogP contribution is -2.34. The predicted molar refractivity (Wildman–Crippen MR) is 152 cm³/mol. The molecule has 1 aliphatic rings. The molecule has 0 aromatic heterocycles. The van der Waals surface area contributed by atoms with Crippen LogP contribution in [0.4, 0.5) is 4.39 Å². The smallest absolute Gasteiger partial charge is 0.335 e.